The molecular formula is C19H15FN4O3S. The number of furan rings is 1. The average Bonchev–Trinajstić information content (AvgIpc) is 3.23. The Morgan fingerprint density at radius 1 is 0.857 bits per heavy atom. The van der Waals surface area contributed by atoms with Gasteiger partial charge in [-0.15, -0.1) is 0 Å². The lowest BCUT2D eigenvalue weighted by Gasteiger charge is -2.12. The Hall–Kier alpha value is -3.72. The SMILES string of the molecule is O=C(NNC(=S)Nc1ccccc1F)c1ccc(NC(=O)c2ccco2)cc1. The molecule has 0 aliphatic carbocycles. The van der Waals surface area contributed by atoms with Crippen molar-refractivity contribution in [3.05, 3.63) is 84.1 Å². The zero-order chi connectivity index (χ0) is 19.9. The zero-order valence-corrected chi connectivity index (χ0v) is 15.2. The Kier molecular flexibility index (Phi) is 5.97. The summed E-state index contributed by atoms with van der Waals surface area (Å²) in [6.45, 7) is 0. The third kappa shape index (κ3) is 4.92. The van der Waals surface area contributed by atoms with Crippen LogP contribution in [-0.2, 0) is 0 Å². The second-order valence-electron chi connectivity index (χ2n) is 5.52. The van der Waals surface area contributed by atoms with Gasteiger partial charge in [-0.2, -0.15) is 0 Å². The van der Waals surface area contributed by atoms with Crippen molar-refractivity contribution in [3.63, 3.8) is 0 Å². The number of halogens is 1. The summed E-state index contributed by atoms with van der Waals surface area (Å²) in [4.78, 5) is 24.1. The molecule has 2 aromatic carbocycles. The second-order valence-corrected chi connectivity index (χ2v) is 5.93. The first kappa shape index (κ1) is 19.1. The van der Waals surface area contributed by atoms with E-state index in [-0.39, 0.29) is 16.6 Å². The van der Waals surface area contributed by atoms with Crippen LogP contribution in [-0.4, -0.2) is 16.9 Å². The highest BCUT2D eigenvalue weighted by molar-refractivity contribution is 7.80. The number of para-hydroxylation sites is 1. The van der Waals surface area contributed by atoms with Crippen LogP contribution in [0.25, 0.3) is 0 Å². The maximum absolute atomic E-state index is 13.6. The van der Waals surface area contributed by atoms with Gasteiger partial charge in [0.05, 0.1) is 12.0 Å². The molecule has 4 N–H and O–H groups in total. The normalized spacial score (nSPS) is 10.0. The Morgan fingerprint density at radius 3 is 2.29 bits per heavy atom. The van der Waals surface area contributed by atoms with E-state index in [4.69, 9.17) is 16.6 Å². The van der Waals surface area contributed by atoms with Gasteiger partial charge in [0.15, 0.2) is 10.9 Å². The average molecular weight is 398 g/mol. The van der Waals surface area contributed by atoms with Gasteiger partial charge >= 0.3 is 0 Å². The van der Waals surface area contributed by atoms with Crippen LogP contribution in [0.2, 0.25) is 0 Å². The first-order chi connectivity index (χ1) is 13.5. The molecule has 0 saturated heterocycles. The summed E-state index contributed by atoms with van der Waals surface area (Å²) in [6.07, 6.45) is 1.40. The van der Waals surface area contributed by atoms with E-state index in [9.17, 15) is 14.0 Å². The number of amides is 2. The number of nitrogens with one attached hydrogen (secondary N) is 4. The molecule has 0 radical (unpaired) electrons. The molecule has 9 heteroatoms. The van der Waals surface area contributed by atoms with Crippen molar-refractivity contribution in [2.24, 2.45) is 0 Å². The molecule has 3 rings (SSSR count). The number of benzene rings is 2. The van der Waals surface area contributed by atoms with E-state index in [1.165, 1.54) is 30.5 Å². The van der Waals surface area contributed by atoms with Gasteiger partial charge in [0.2, 0.25) is 0 Å². The van der Waals surface area contributed by atoms with E-state index < -0.39 is 17.6 Å². The number of carbonyl (C=O) groups excluding carboxylic acids is 2. The summed E-state index contributed by atoms with van der Waals surface area (Å²) in [6, 6.07) is 15.4. The molecule has 0 aliphatic rings. The maximum Gasteiger partial charge on any atom is 0.291 e. The lowest BCUT2D eigenvalue weighted by atomic mass is 10.2. The third-order valence-corrected chi connectivity index (χ3v) is 3.77. The van der Waals surface area contributed by atoms with E-state index >= 15 is 0 Å². The summed E-state index contributed by atoms with van der Waals surface area (Å²) >= 11 is 5.01. The molecule has 7 nitrogen and oxygen atoms in total. The monoisotopic (exact) mass is 398 g/mol. The lowest BCUT2D eigenvalue weighted by molar-refractivity contribution is 0.0943. The molecule has 28 heavy (non-hydrogen) atoms. The molecule has 0 saturated carbocycles. The van der Waals surface area contributed by atoms with E-state index in [0.717, 1.165) is 0 Å². The van der Waals surface area contributed by atoms with Crippen molar-refractivity contribution in [2.45, 2.75) is 0 Å². The van der Waals surface area contributed by atoms with Gasteiger partial charge in [0.1, 0.15) is 5.82 Å². The largest absolute Gasteiger partial charge is 0.459 e. The van der Waals surface area contributed by atoms with Crippen molar-refractivity contribution in [3.8, 4) is 0 Å². The van der Waals surface area contributed by atoms with Crippen molar-refractivity contribution in [1.29, 1.82) is 0 Å². The summed E-state index contributed by atoms with van der Waals surface area (Å²) in [7, 11) is 0. The minimum absolute atomic E-state index is 0.0285. The van der Waals surface area contributed by atoms with Crippen LogP contribution in [0.4, 0.5) is 15.8 Å². The molecule has 2 amide bonds. The summed E-state index contributed by atoms with van der Waals surface area (Å²) in [5.74, 6) is -1.14. The highest BCUT2D eigenvalue weighted by Crippen LogP contribution is 2.13. The summed E-state index contributed by atoms with van der Waals surface area (Å²) < 4.78 is 18.6. The smallest absolute Gasteiger partial charge is 0.291 e. The fraction of sp³-hybridized carbons (Fsp3) is 0. The molecule has 3 aromatic rings. The zero-order valence-electron chi connectivity index (χ0n) is 14.4. The van der Waals surface area contributed by atoms with Crippen LogP contribution in [0.15, 0.2) is 71.3 Å². The van der Waals surface area contributed by atoms with Crippen LogP contribution in [0, 0.1) is 5.82 Å². The van der Waals surface area contributed by atoms with Gasteiger partial charge in [0, 0.05) is 11.3 Å². The number of hydrogen-bond donors (Lipinski definition) is 4. The van der Waals surface area contributed by atoms with Crippen LogP contribution in [0.3, 0.4) is 0 Å². The fourth-order valence-electron chi connectivity index (χ4n) is 2.21. The first-order valence-corrected chi connectivity index (χ1v) is 8.50. The molecule has 0 aliphatic heterocycles. The number of carbonyl (C=O) groups is 2. The maximum atomic E-state index is 13.6. The van der Waals surface area contributed by atoms with Crippen LogP contribution >= 0.6 is 12.2 Å². The van der Waals surface area contributed by atoms with Gasteiger partial charge in [-0.1, -0.05) is 12.1 Å². The van der Waals surface area contributed by atoms with E-state index in [1.54, 1.807) is 36.4 Å². The molecule has 0 fully saturated rings. The Labute approximate surface area is 164 Å². The molecule has 0 atom stereocenters. The van der Waals surface area contributed by atoms with Gasteiger partial charge in [-0.3, -0.25) is 20.4 Å². The van der Waals surface area contributed by atoms with E-state index in [2.05, 4.69) is 21.5 Å². The minimum atomic E-state index is -0.467. The highest BCUT2D eigenvalue weighted by atomic mass is 32.1. The van der Waals surface area contributed by atoms with Crippen LogP contribution in [0.1, 0.15) is 20.9 Å². The van der Waals surface area contributed by atoms with E-state index in [0.29, 0.717) is 11.3 Å². The van der Waals surface area contributed by atoms with Gasteiger partial charge in [-0.05, 0) is 60.7 Å². The number of hydrazine groups is 1. The Morgan fingerprint density at radius 2 is 1.61 bits per heavy atom. The van der Waals surface area contributed by atoms with Gasteiger partial charge in [0.25, 0.3) is 11.8 Å². The highest BCUT2D eigenvalue weighted by Gasteiger charge is 2.10. The minimum Gasteiger partial charge on any atom is -0.459 e. The number of thiocarbonyl (C=S) groups is 1. The number of rotatable bonds is 4. The second kappa shape index (κ2) is 8.78. The number of anilines is 2. The Balaban J connectivity index is 1.51. The predicted molar refractivity (Wildman–Crippen MR) is 106 cm³/mol. The van der Waals surface area contributed by atoms with Gasteiger partial charge < -0.3 is 15.1 Å². The van der Waals surface area contributed by atoms with Crippen LogP contribution < -0.4 is 21.5 Å². The standard InChI is InChI=1S/C19H15FN4O3S/c20-14-4-1-2-5-15(14)22-19(28)24-23-17(25)12-7-9-13(10-8-12)21-18(26)16-6-3-11-27-16/h1-11H,(H,21,26)(H,23,25)(H2,22,24,28). The molecule has 0 unspecified atom stereocenters. The molecular weight excluding hydrogens is 383 g/mol. The number of hydrogen-bond acceptors (Lipinski definition) is 4. The predicted octanol–water partition coefficient (Wildman–Crippen LogP) is 3.30. The quantitative estimate of drug-likeness (QED) is 0.398. The van der Waals surface area contributed by atoms with Crippen molar-refractivity contribution in [2.75, 3.05) is 10.6 Å². The topological polar surface area (TPSA) is 95.4 Å². The summed E-state index contributed by atoms with van der Waals surface area (Å²) in [5, 5.41) is 5.31. The van der Waals surface area contributed by atoms with Crippen LogP contribution in [0.5, 0.6) is 0 Å². The Bertz CT molecular complexity index is 991. The first-order valence-electron chi connectivity index (χ1n) is 8.10. The third-order valence-electron chi connectivity index (χ3n) is 3.56. The van der Waals surface area contributed by atoms with Gasteiger partial charge in [-0.25, -0.2) is 4.39 Å². The summed E-state index contributed by atoms with van der Waals surface area (Å²) in [5.41, 5.74) is 5.92. The fourth-order valence-corrected chi connectivity index (χ4v) is 2.37. The van der Waals surface area contributed by atoms with E-state index in [1.807, 2.05) is 0 Å². The lowest BCUT2D eigenvalue weighted by Crippen LogP contribution is -2.43. The van der Waals surface area contributed by atoms with Crippen molar-refractivity contribution < 1.29 is 18.4 Å². The molecule has 1 heterocycles. The molecule has 142 valence electrons. The molecule has 0 spiro atoms. The molecule has 1 aromatic heterocycles. The molecule has 0 bridgehead atoms. The van der Waals surface area contributed by atoms with Crippen molar-refractivity contribution in [1.82, 2.24) is 10.9 Å². The van der Waals surface area contributed by atoms with Crippen molar-refractivity contribution >= 4 is 40.5 Å².